The third-order valence-electron chi connectivity index (χ3n) is 3.21. The highest BCUT2D eigenvalue weighted by molar-refractivity contribution is 9.10. The molecule has 1 heterocycles. The lowest BCUT2D eigenvalue weighted by molar-refractivity contribution is 0.135. The molecule has 2 rings (SSSR count). The van der Waals surface area contributed by atoms with Crippen molar-refractivity contribution in [3.63, 3.8) is 0 Å². The van der Waals surface area contributed by atoms with Crippen LogP contribution in [0.2, 0.25) is 0 Å². The fraction of sp³-hybridized carbons (Fsp3) is 0.538. The van der Waals surface area contributed by atoms with Crippen molar-refractivity contribution in [1.29, 1.82) is 0 Å². The molecule has 1 fully saturated rings. The van der Waals surface area contributed by atoms with E-state index in [9.17, 15) is 5.11 Å². The molecule has 3 heteroatoms. The summed E-state index contributed by atoms with van der Waals surface area (Å²) in [4.78, 5) is 0. The maximum Gasteiger partial charge on any atom is 0.0793 e. The van der Waals surface area contributed by atoms with Crippen LogP contribution in [-0.2, 0) is 0 Å². The Labute approximate surface area is 105 Å². The first kappa shape index (κ1) is 12.1. The van der Waals surface area contributed by atoms with E-state index in [1.165, 1.54) is 12.8 Å². The van der Waals surface area contributed by atoms with E-state index < -0.39 is 0 Å². The standard InChI is InChI=1S/C13H18BrNO/c14-12-5-3-11(4-6-12)13(16)8-10-2-1-7-15-9-10/h3-6,10,13,15-16H,1-2,7-9H2. The molecule has 1 aromatic carbocycles. The number of hydrogen-bond acceptors (Lipinski definition) is 2. The SMILES string of the molecule is OC(CC1CCCNC1)c1ccc(Br)cc1. The third-order valence-corrected chi connectivity index (χ3v) is 3.74. The van der Waals surface area contributed by atoms with Gasteiger partial charge in [-0.2, -0.15) is 0 Å². The molecule has 16 heavy (non-hydrogen) atoms. The molecule has 0 radical (unpaired) electrons. The number of piperidine rings is 1. The van der Waals surface area contributed by atoms with E-state index in [1.807, 2.05) is 24.3 Å². The van der Waals surface area contributed by atoms with Gasteiger partial charge in [-0.3, -0.25) is 0 Å². The van der Waals surface area contributed by atoms with E-state index in [2.05, 4.69) is 21.2 Å². The molecule has 2 N–H and O–H groups in total. The highest BCUT2D eigenvalue weighted by atomic mass is 79.9. The lowest BCUT2D eigenvalue weighted by atomic mass is 9.91. The number of aliphatic hydroxyl groups excluding tert-OH is 1. The number of benzene rings is 1. The quantitative estimate of drug-likeness (QED) is 0.894. The second-order valence-corrected chi connectivity index (χ2v) is 5.43. The molecular formula is C13H18BrNO. The minimum absolute atomic E-state index is 0.321. The van der Waals surface area contributed by atoms with E-state index >= 15 is 0 Å². The second-order valence-electron chi connectivity index (χ2n) is 4.52. The van der Waals surface area contributed by atoms with Crippen molar-refractivity contribution in [3.05, 3.63) is 34.3 Å². The van der Waals surface area contributed by atoms with Crippen LogP contribution in [0.5, 0.6) is 0 Å². The lowest BCUT2D eigenvalue weighted by Crippen LogP contribution is -2.30. The van der Waals surface area contributed by atoms with Gasteiger partial charge in [0.15, 0.2) is 0 Å². The number of aliphatic hydroxyl groups is 1. The number of rotatable bonds is 3. The highest BCUT2D eigenvalue weighted by Gasteiger charge is 2.18. The third kappa shape index (κ3) is 3.30. The molecule has 0 amide bonds. The van der Waals surface area contributed by atoms with Gasteiger partial charge in [0.05, 0.1) is 6.10 Å². The summed E-state index contributed by atoms with van der Waals surface area (Å²) in [7, 11) is 0. The first-order valence-corrected chi connectivity index (χ1v) is 6.69. The number of halogens is 1. The summed E-state index contributed by atoms with van der Waals surface area (Å²) in [5.41, 5.74) is 1.02. The zero-order valence-electron chi connectivity index (χ0n) is 9.32. The molecule has 0 bridgehead atoms. The van der Waals surface area contributed by atoms with E-state index in [-0.39, 0.29) is 6.10 Å². The predicted octanol–water partition coefficient (Wildman–Crippen LogP) is 2.87. The molecule has 2 nitrogen and oxygen atoms in total. The monoisotopic (exact) mass is 283 g/mol. The minimum Gasteiger partial charge on any atom is -0.388 e. The van der Waals surface area contributed by atoms with Crippen LogP contribution < -0.4 is 5.32 Å². The van der Waals surface area contributed by atoms with Gasteiger partial charge >= 0.3 is 0 Å². The van der Waals surface area contributed by atoms with Gasteiger partial charge in [0.25, 0.3) is 0 Å². The zero-order valence-corrected chi connectivity index (χ0v) is 10.9. The normalized spacial score (nSPS) is 23.0. The molecule has 0 aliphatic carbocycles. The average Bonchev–Trinajstić information content (AvgIpc) is 2.31. The van der Waals surface area contributed by atoms with Gasteiger partial charge in [-0.15, -0.1) is 0 Å². The molecule has 0 aromatic heterocycles. The summed E-state index contributed by atoms with van der Waals surface area (Å²) < 4.78 is 1.06. The van der Waals surface area contributed by atoms with Gasteiger partial charge < -0.3 is 10.4 Å². The van der Waals surface area contributed by atoms with Crippen molar-refractivity contribution in [2.45, 2.75) is 25.4 Å². The van der Waals surface area contributed by atoms with Gasteiger partial charge in [-0.05, 0) is 56.0 Å². The van der Waals surface area contributed by atoms with Crippen molar-refractivity contribution in [1.82, 2.24) is 5.32 Å². The first-order valence-electron chi connectivity index (χ1n) is 5.90. The molecule has 88 valence electrons. The van der Waals surface area contributed by atoms with Crippen LogP contribution in [0.25, 0.3) is 0 Å². The van der Waals surface area contributed by atoms with Crippen molar-refractivity contribution >= 4 is 15.9 Å². The molecule has 1 saturated heterocycles. The summed E-state index contributed by atoms with van der Waals surface area (Å²) in [6.45, 7) is 2.18. The predicted molar refractivity (Wildman–Crippen MR) is 69.3 cm³/mol. The molecule has 0 spiro atoms. The molecule has 1 aromatic rings. The average molecular weight is 284 g/mol. The summed E-state index contributed by atoms with van der Waals surface area (Å²) >= 11 is 3.40. The first-order chi connectivity index (χ1) is 7.75. The van der Waals surface area contributed by atoms with Crippen LogP contribution >= 0.6 is 15.9 Å². The fourth-order valence-corrected chi connectivity index (χ4v) is 2.53. The van der Waals surface area contributed by atoms with Gasteiger partial charge in [0, 0.05) is 4.47 Å². The van der Waals surface area contributed by atoms with Crippen LogP contribution in [-0.4, -0.2) is 18.2 Å². The summed E-state index contributed by atoms with van der Waals surface area (Å²) in [5.74, 6) is 0.618. The van der Waals surface area contributed by atoms with Crippen LogP contribution in [0.1, 0.15) is 30.9 Å². The Kier molecular flexibility index (Phi) is 4.38. The van der Waals surface area contributed by atoms with Gasteiger partial charge in [0.2, 0.25) is 0 Å². The maximum atomic E-state index is 10.1. The van der Waals surface area contributed by atoms with Crippen LogP contribution in [0.3, 0.4) is 0 Å². The zero-order chi connectivity index (χ0) is 11.4. The Morgan fingerprint density at radius 2 is 2.12 bits per heavy atom. The van der Waals surface area contributed by atoms with Crippen molar-refractivity contribution in [2.24, 2.45) is 5.92 Å². The minimum atomic E-state index is -0.321. The molecular weight excluding hydrogens is 266 g/mol. The Bertz CT molecular complexity index is 319. The fourth-order valence-electron chi connectivity index (χ4n) is 2.26. The second kappa shape index (κ2) is 5.80. The molecule has 2 unspecified atom stereocenters. The molecule has 1 aliphatic heterocycles. The smallest absolute Gasteiger partial charge is 0.0793 e. The Balaban J connectivity index is 1.91. The van der Waals surface area contributed by atoms with Crippen LogP contribution in [0.4, 0.5) is 0 Å². The molecule has 1 aliphatic rings. The summed E-state index contributed by atoms with van der Waals surface area (Å²) in [6, 6.07) is 7.95. The van der Waals surface area contributed by atoms with Crippen molar-refractivity contribution in [3.8, 4) is 0 Å². The summed E-state index contributed by atoms with van der Waals surface area (Å²) in [5, 5.41) is 13.5. The Morgan fingerprint density at radius 1 is 1.38 bits per heavy atom. The van der Waals surface area contributed by atoms with Gasteiger partial charge in [0.1, 0.15) is 0 Å². The van der Waals surface area contributed by atoms with Gasteiger partial charge in [-0.25, -0.2) is 0 Å². The molecule has 2 atom stereocenters. The Morgan fingerprint density at radius 3 is 2.75 bits per heavy atom. The van der Waals surface area contributed by atoms with E-state index in [0.29, 0.717) is 5.92 Å². The van der Waals surface area contributed by atoms with E-state index in [1.54, 1.807) is 0 Å². The molecule has 0 saturated carbocycles. The lowest BCUT2D eigenvalue weighted by Gasteiger charge is -2.25. The topological polar surface area (TPSA) is 32.3 Å². The van der Waals surface area contributed by atoms with Crippen LogP contribution in [0, 0.1) is 5.92 Å². The van der Waals surface area contributed by atoms with Crippen molar-refractivity contribution < 1.29 is 5.11 Å². The number of nitrogens with one attached hydrogen (secondary N) is 1. The Hall–Kier alpha value is -0.380. The van der Waals surface area contributed by atoms with Crippen LogP contribution in [0.15, 0.2) is 28.7 Å². The maximum absolute atomic E-state index is 10.1. The van der Waals surface area contributed by atoms with Crippen molar-refractivity contribution in [2.75, 3.05) is 13.1 Å². The van der Waals surface area contributed by atoms with E-state index in [0.717, 1.165) is 29.5 Å². The summed E-state index contributed by atoms with van der Waals surface area (Å²) in [6.07, 6.45) is 3.02. The number of hydrogen-bond donors (Lipinski definition) is 2. The largest absolute Gasteiger partial charge is 0.388 e. The highest BCUT2D eigenvalue weighted by Crippen LogP contribution is 2.25. The van der Waals surface area contributed by atoms with Gasteiger partial charge in [-0.1, -0.05) is 28.1 Å². The van der Waals surface area contributed by atoms with E-state index in [4.69, 9.17) is 0 Å².